The van der Waals surface area contributed by atoms with Gasteiger partial charge in [-0.1, -0.05) is 48.6 Å². The number of allylic oxidation sites excluding steroid dienone is 4. The van der Waals surface area contributed by atoms with Crippen molar-refractivity contribution in [3.8, 4) is 0 Å². The number of thioether (sulfide) groups is 1. The van der Waals surface area contributed by atoms with Gasteiger partial charge in [-0.05, 0) is 48.9 Å². The highest BCUT2D eigenvalue weighted by Crippen LogP contribution is 2.30. The Morgan fingerprint density at radius 2 is 1.85 bits per heavy atom. The van der Waals surface area contributed by atoms with Gasteiger partial charge in [0.2, 0.25) is 5.91 Å². The van der Waals surface area contributed by atoms with E-state index >= 15 is 0 Å². The fourth-order valence-corrected chi connectivity index (χ4v) is 4.12. The smallest absolute Gasteiger partial charge is 0.232 e. The Morgan fingerprint density at radius 1 is 1.12 bits per heavy atom. The molecule has 2 aromatic rings. The van der Waals surface area contributed by atoms with Crippen molar-refractivity contribution in [3.63, 3.8) is 0 Å². The molecule has 0 aliphatic carbocycles. The van der Waals surface area contributed by atoms with Crippen LogP contribution in [0.15, 0.2) is 66.4 Å². The zero-order valence-electron chi connectivity index (χ0n) is 20.5. The lowest BCUT2D eigenvalue weighted by molar-refractivity contribution is -0.556. The van der Waals surface area contributed by atoms with E-state index in [9.17, 15) is 9.90 Å². The lowest BCUT2D eigenvalue weighted by atomic mass is 10.0. The first kappa shape index (κ1) is 26.7. The monoisotopic (exact) mass is 468 g/mol. The van der Waals surface area contributed by atoms with Crippen LogP contribution in [0.2, 0.25) is 0 Å². The Hall–Kier alpha value is -2.54. The van der Waals surface area contributed by atoms with E-state index in [1.54, 1.807) is 11.8 Å². The molecule has 5 nitrogen and oxygen atoms in total. The summed E-state index contributed by atoms with van der Waals surface area (Å²) in [5.74, 6) is 0.364. The summed E-state index contributed by atoms with van der Waals surface area (Å²) in [5.41, 5.74) is 3.03. The molecule has 1 unspecified atom stereocenters. The van der Waals surface area contributed by atoms with Crippen molar-refractivity contribution in [2.75, 3.05) is 44.9 Å². The van der Waals surface area contributed by atoms with Crippen molar-refractivity contribution in [1.82, 2.24) is 4.90 Å². The number of rotatable bonds is 12. The Bertz CT molecular complexity index is 998. The maximum absolute atomic E-state index is 12.2. The summed E-state index contributed by atoms with van der Waals surface area (Å²) in [5, 5.41) is 13.8. The quantitative estimate of drug-likeness (QED) is 0.367. The normalized spacial score (nSPS) is 13.2. The average Bonchev–Trinajstić information content (AvgIpc) is 2.82. The fraction of sp³-hybridized carbons (Fsp3) is 0.370. The number of amides is 1. The van der Waals surface area contributed by atoms with Crippen LogP contribution in [0.4, 0.5) is 5.69 Å². The predicted octanol–water partition coefficient (Wildman–Crippen LogP) is 3.86. The number of hydrogen-bond donors (Lipinski definition) is 2. The van der Waals surface area contributed by atoms with Crippen molar-refractivity contribution in [3.05, 3.63) is 72.0 Å². The molecule has 0 bridgehead atoms. The molecule has 6 heteroatoms. The van der Waals surface area contributed by atoms with Crippen LogP contribution in [0.1, 0.15) is 25.8 Å². The molecule has 0 aromatic heterocycles. The molecule has 0 saturated carbocycles. The molecule has 2 rings (SSSR count). The number of hydrogen-bond acceptors (Lipinski definition) is 4. The molecular weight excluding hydrogens is 430 g/mol. The van der Waals surface area contributed by atoms with Crippen LogP contribution in [0.5, 0.6) is 0 Å². The van der Waals surface area contributed by atoms with Crippen LogP contribution < -0.4 is 10.2 Å². The summed E-state index contributed by atoms with van der Waals surface area (Å²) in [7, 11) is 5.95. The maximum atomic E-state index is 12.2. The van der Waals surface area contributed by atoms with Gasteiger partial charge in [0.05, 0.1) is 24.4 Å². The molecule has 0 spiro atoms. The maximum Gasteiger partial charge on any atom is 0.232 e. The van der Waals surface area contributed by atoms with Gasteiger partial charge in [-0.3, -0.25) is 4.79 Å². The number of nitrogens with zero attached hydrogens (tertiary/aromatic N) is 2. The Balaban J connectivity index is 2.10. The molecule has 0 heterocycles. The first-order valence-electron chi connectivity index (χ1n) is 11.4. The lowest BCUT2D eigenvalue weighted by Crippen LogP contribution is -2.72. The molecular formula is C27H38N3O2S+. The molecule has 0 radical (unpaired) electrons. The number of aliphatic hydroxyl groups excluding tert-OH is 1. The van der Waals surface area contributed by atoms with E-state index in [0.717, 1.165) is 13.0 Å². The van der Waals surface area contributed by atoms with E-state index in [-0.39, 0.29) is 5.91 Å². The third-order valence-corrected chi connectivity index (χ3v) is 6.37. The molecule has 0 aliphatic heterocycles. The molecule has 2 aromatic carbocycles. The van der Waals surface area contributed by atoms with E-state index in [1.807, 2.05) is 32.5 Å². The Kier molecular flexibility index (Phi) is 11.2. The van der Waals surface area contributed by atoms with Crippen molar-refractivity contribution in [1.29, 1.82) is 0 Å². The van der Waals surface area contributed by atoms with Gasteiger partial charge in [-0.25, -0.2) is 0 Å². The molecule has 178 valence electrons. The summed E-state index contributed by atoms with van der Waals surface area (Å²) in [6, 6.07) is 12.9. The number of anilines is 1. The second kappa shape index (κ2) is 13.9. The largest absolute Gasteiger partial charge is 0.383 e. The van der Waals surface area contributed by atoms with Crippen LogP contribution in [-0.2, 0) is 4.79 Å². The van der Waals surface area contributed by atoms with Crippen molar-refractivity contribution in [2.24, 2.45) is 0 Å². The van der Waals surface area contributed by atoms with Gasteiger partial charge < -0.3 is 20.2 Å². The molecule has 1 amide bonds. The number of benzene rings is 2. The average molecular weight is 469 g/mol. The van der Waals surface area contributed by atoms with E-state index in [2.05, 4.69) is 72.6 Å². The summed E-state index contributed by atoms with van der Waals surface area (Å²) >= 11 is 1.26. The SMILES string of the molecule is C/C=C(\C=C/[NH2+]C)/C=C/c1ccc(N(C)CCCN(C)C(=O)CSC(C)O)c2ccccc12. The number of nitrogens with two attached hydrogens (primary N) is 1. The highest BCUT2D eigenvalue weighted by atomic mass is 32.2. The second-order valence-corrected chi connectivity index (χ2v) is 9.34. The molecule has 3 N–H and O–H groups in total. The van der Waals surface area contributed by atoms with Gasteiger partial charge >= 0.3 is 0 Å². The first-order valence-corrected chi connectivity index (χ1v) is 12.5. The van der Waals surface area contributed by atoms with E-state index in [1.165, 1.54) is 39.4 Å². The number of fused-ring (bicyclic) bond motifs is 1. The molecule has 1 atom stereocenters. The first-order chi connectivity index (χ1) is 15.9. The van der Waals surface area contributed by atoms with Crippen molar-refractivity contribution >= 4 is 40.2 Å². The molecule has 0 aliphatic rings. The third-order valence-electron chi connectivity index (χ3n) is 5.48. The zero-order valence-corrected chi connectivity index (χ0v) is 21.3. The van der Waals surface area contributed by atoms with Crippen LogP contribution in [0, 0.1) is 0 Å². The summed E-state index contributed by atoms with van der Waals surface area (Å²) in [6.45, 7) is 5.27. The highest BCUT2D eigenvalue weighted by Gasteiger charge is 2.12. The highest BCUT2D eigenvalue weighted by molar-refractivity contribution is 8.00. The molecule has 0 saturated heterocycles. The van der Waals surface area contributed by atoms with E-state index < -0.39 is 5.44 Å². The predicted molar refractivity (Wildman–Crippen MR) is 143 cm³/mol. The molecule has 33 heavy (non-hydrogen) atoms. The number of aliphatic hydroxyl groups is 1. The molecule has 0 fully saturated rings. The third kappa shape index (κ3) is 8.39. The van der Waals surface area contributed by atoms with Gasteiger partial charge in [-0.2, -0.15) is 0 Å². The summed E-state index contributed by atoms with van der Waals surface area (Å²) in [6.07, 6.45) is 11.4. The van der Waals surface area contributed by atoms with Crippen LogP contribution >= 0.6 is 11.8 Å². The minimum Gasteiger partial charge on any atom is -0.383 e. The Morgan fingerprint density at radius 3 is 2.52 bits per heavy atom. The second-order valence-electron chi connectivity index (χ2n) is 8.03. The van der Waals surface area contributed by atoms with Crippen molar-refractivity contribution < 1.29 is 15.2 Å². The van der Waals surface area contributed by atoms with Gasteiger partial charge in [0.15, 0.2) is 0 Å². The standard InChI is InChI=1S/C27H37N3O2S/c1-6-22(16-17-28-3)12-13-23-14-15-26(25-11-8-7-10-24(23)25)29(4)18-9-19-30(5)27(32)20-33-21(2)31/h6-8,10-17,21,28,31H,9,18-20H2,1-5H3/p+1/b13-12+,17-16-,22-6-. The minimum atomic E-state index is -0.518. The van der Waals surface area contributed by atoms with Crippen LogP contribution in [-0.4, -0.2) is 61.3 Å². The Labute approximate surface area is 202 Å². The lowest BCUT2D eigenvalue weighted by Gasteiger charge is -2.24. The zero-order chi connectivity index (χ0) is 24.2. The van der Waals surface area contributed by atoms with Crippen LogP contribution in [0.3, 0.4) is 0 Å². The van der Waals surface area contributed by atoms with E-state index in [4.69, 9.17) is 0 Å². The minimum absolute atomic E-state index is 0.0531. The summed E-state index contributed by atoms with van der Waals surface area (Å²) < 4.78 is 0. The van der Waals surface area contributed by atoms with Crippen LogP contribution in [0.25, 0.3) is 16.8 Å². The van der Waals surface area contributed by atoms with E-state index in [0.29, 0.717) is 12.3 Å². The number of carbonyl (C=O) groups is 1. The van der Waals surface area contributed by atoms with Gasteiger partial charge in [0.25, 0.3) is 0 Å². The van der Waals surface area contributed by atoms with Gasteiger partial charge in [0, 0.05) is 38.3 Å². The van der Waals surface area contributed by atoms with Crippen molar-refractivity contribution in [2.45, 2.75) is 25.7 Å². The van der Waals surface area contributed by atoms with Gasteiger partial charge in [0.1, 0.15) is 0 Å². The number of carbonyl (C=O) groups excluding carboxylic acids is 1. The topological polar surface area (TPSA) is 60.4 Å². The van der Waals surface area contributed by atoms with Gasteiger partial charge in [-0.15, -0.1) is 11.8 Å². The number of quaternary nitrogens is 1. The summed E-state index contributed by atoms with van der Waals surface area (Å²) in [4.78, 5) is 16.2. The fourth-order valence-electron chi connectivity index (χ4n) is 3.52.